The predicted octanol–water partition coefficient (Wildman–Crippen LogP) is 1.95. The van der Waals surface area contributed by atoms with E-state index in [0.717, 1.165) is 38.3 Å². The van der Waals surface area contributed by atoms with Crippen molar-refractivity contribution in [3.05, 3.63) is 17.0 Å². The first kappa shape index (κ1) is 12.6. The van der Waals surface area contributed by atoms with Crippen LogP contribution in [0.4, 0.5) is 0 Å². The number of rotatable bonds is 4. The van der Waals surface area contributed by atoms with Crippen molar-refractivity contribution in [3.8, 4) is 0 Å². The summed E-state index contributed by atoms with van der Waals surface area (Å²) in [5.74, 6) is 0.610. The first-order chi connectivity index (χ1) is 8.13. The molecule has 0 spiro atoms. The maximum atomic E-state index is 6.14. The molecule has 2 unspecified atom stereocenters. The molecule has 2 rings (SSSR count). The molecule has 1 aliphatic heterocycles. The molecular formula is C13H23N3O. The van der Waals surface area contributed by atoms with E-state index in [1.165, 1.54) is 11.3 Å². The topological polar surface area (TPSA) is 53.1 Å². The molecule has 0 bridgehead atoms. The number of aryl methyl sites for hydroxylation is 1. The maximum absolute atomic E-state index is 6.14. The molecule has 0 saturated carbocycles. The second kappa shape index (κ2) is 5.19. The summed E-state index contributed by atoms with van der Waals surface area (Å²) in [6.07, 6.45) is 2.10. The molecule has 1 aliphatic rings. The molecular weight excluding hydrogens is 214 g/mol. The van der Waals surface area contributed by atoms with Gasteiger partial charge in [0.05, 0.1) is 12.3 Å². The van der Waals surface area contributed by atoms with Crippen LogP contribution in [0.15, 0.2) is 0 Å². The summed E-state index contributed by atoms with van der Waals surface area (Å²) < 4.78 is 7.52. The molecule has 0 amide bonds. The maximum Gasteiger partial charge on any atom is 0.0644 e. The summed E-state index contributed by atoms with van der Waals surface area (Å²) in [6.45, 7) is 9.02. The van der Waals surface area contributed by atoms with Gasteiger partial charge in [-0.15, -0.1) is 0 Å². The Morgan fingerprint density at radius 1 is 1.53 bits per heavy atom. The third-order valence-electron chi connectivity index (χ3n) is 3.70. The van der Waals surface area contributed by atoms with Crippen LogP contribution in [0.5, 0.6) is 0 Å². The summed E-state index contributed by atoms with van der Waals surface area (Å²) in [4.78, 5) is 0. The summed E-state index contributed by atoms with van der Waals surface area (Å²) in [5, 5.41) is 4.62. The molecule has 96 valence electrons. The normalized spacial score (nSPS) is 22.0. The smallest absolute Gasteiger partial charge is 0.0644 e. The van der Waals surface area contributed by atoms with Gasteiger partial charge in [0, 0.05) is 36.4 Å². The standard InChI is InChI=1S/C13H23N3O/c1-4-12(14)13-9(2)15-16(10(13)3)7-11-5-6-17-8-11/h11-12H,4-8,14H2,1-3H3. The average Bonchev–Trinajstić information content (AvgIpc) is 2.89. The molecule has 2 atom stereocenters. The lowest BCUT2D eigenvalue weighted by atomic mass is 10.0. The fourth-order valence-electron chi connectivity index (χ4n) is 2.60. The Hall–Kier alpha value is -0.870. The molecule has 0 radical (unpaired) electrons. The van der Waals surface area contributed by atoms with Gasteiger partial charge >= 0.3 is 0 Å². The van der Waals surface area contributed by atoms with Crippen molar-refractivity contribution >= 4 is 0 Å². The van der Waals surface area contributed by atoms with Crippen molar-refractivity contribution in [1.29, 1.82) is 0 Å². The first-order valence-electron chi connectivity index (χ1n) is 6.50. The zero-order valence-electron chi connectivity index (χ0n) is 11.1. The van der Waals surface area contributed by atoms with Crippen molar-refractivity contribution in [2.45, 2.75) is 46.2 Å². The fourth-order valence-corrected chi connectivity index (χ4v) is 2.60. The molecule has 2 N–H and O–H groups in total. The lowest BCUT2D eigenvalue weighted by Gasteiger charge is -2.12. The third kappa shape index (κ3) is 2.53. The van der Waals surface area contributed by atoms with Crippen LogP contribution in [-0.4, -0.2) is 23.0 Å². The lowest BCUT2D eigenvalue weighted by molar-refractivity contribution is 0.181. The lowest BCUT2D eigenvalue weighted by Crippen LogP contribution is -2.14. The van der Waals surface area contributed by atoms with E-state index < -0.39 is 0 Å². The average molecular weight is 237 g/mol. The van der Waals surface area contributed by atoms with Gasteiger partial charge in [-0.2, -0.15) is 5.10 Å². The van der Waals surface area contributed by atoms with Crippen molar-refractivity contribution in [2.75, 3.05) is 13.2 Å². The van der Waals surface area contributed by atoms with Crippen molar-refractivity contribution < 1.29 is 4.74 Å². The molecule has 1 aromatic heterocycles. The zero-order chi connectivity index (χ0) is 12.4. The highest BCUT2D eigenvalue weighted by atomic mass is 16.5. The largest absolute Gasteiger partial charge is 0.381 e. The molecule has 0 aliphatic carbocycles. The minimum absolute atomic E-state index is 0.114. The Morgan fingerprint density at radius 3 is 2.88 bits per heavy atom. The van der Waals surface area contributed by atoms with Crippen LogP contribution in [0.25, 0.3) is 0 Å². The quantitative estimate of drug-likeness (QED) is 0.870. The van der Waals surface area contributed by atoms with Gasteiger partial charge in [-0.25, -0.2) is 0 Å². The van der Waals surface area contributed by atoms with Crippen LogP contribution in [0.3, 0.4) is 0 Å². The molecule has 2 heterocycles. The van der Waals surface area contributed by atoms with Crippen LogP contribution in [0.1, 0.15) is 42.8 Å². The van der Waals surface area contributed by atoms with E-state index in [9.17, 15) is 0 Å². The van der Waals surface area contributed by atoms with Crippen LogP contribution in [0.2, 0.25) is 0 Å². The van der Waals surface area contributed by atoms with Crippen molar-refractivity contribution in [2.24, 2.45) is 11.7 Å². The number of ether oxygens (including phenoxy) is 1. The highest BCUT2D eigenvalue weighted by Gasteiger charge is 2.21. The summed E-state index contributed by atoms with van der Waals surface area (Å²) in [5.41, 5.74) is 9.67. The van der Waals surface area contributed by atoms with E-state index in [0.29, 0.717) is 5.92 Å². The van der Waals surface area contributed by atoms with Crippen molar-refractivity contribution in [3.63, 3.8) is 0 Å². The molecule has 0 aromatic carbocycles. The van der Waals surface area contributed by atoms with Crippen LogP contribution >= 0.6 is 0 Å². The summed E-state index contributed by atoms with van der Waals surface area (Å²) in [6, 6.07) is 0.114. The molecule has 17 heavy (non-hydrogen) atoms. The van der Waals surface area contributed by atoms with Crippen LogP contribution in [-0.2, 0) is 11.3 Å². The number of nitrogens with two attached hydrogens (primary N) is 1. The SMILES string of the molecule is CCC(N)c1c(C)nn(CC2CCOC2)c1C. The minimum atomic E-state index is 0.114. The van der Waals surface area contributed by atoms with Gasteiger partial charge in [0.1, 0.15) is 0 Å². The third-order valence-corrected chi connectivity index (χ3v) is 3.70. The van der Waals surface area contributed by atoms with Gasteiger partial charge in [-0.05, 0) is 26.7 Å². The Bertz CT molecular complexity index is 380. The molecule has 1 saturated heterocycles. The van der Waals surface area contributed by atoms with E-state index in [1.807, 2.05) is 0 Å². The van der Waals surface area contributed by atoms with Gasteiger partial charge in [-0.1, -0.05) is 6.92 Å². The van der Waals surface area contributed by atoms with Crippen LogP contribution in [0, 0.1) is 19.8 Å². The molecule has 4 nitrogen and oxygen atoms in total. The van der Waals surface area contributed by atoms with E-state index in [2.05, 4.69) is 30.6 Å². The van der Waals surface area contributed by atoms with Gasteiger partial charge in [-0.3, -0.25) is 4.68 Å². The molecule has 4 heteroatoms. The second-order valence-electron chi connectivity index (χ2n) is 5.01. The summed E-state index contributed by atoms with van der Waals surface area (Å²) >= 11 is 0. The Balaban J connectivity index is 2.17. The first-order valence-corrected chi connectivity index (χ1v) is 6.50. The number of aromatic nitrogens is 2. The van der Waals surface area contributed by atoms with E-state index in [1.54, 1.807) is 0 Å². The number of hydrogen-bond donors (Lipinski definition) is 1. The highest BCUT2D eigenvalue weighted by Crippen LogP contribution is 2.24. The van der Waals surface area contributed by atoms with Gasteiger partial charge in [0.25, 0.3) is 0 Å². The Labute approximate surface area is 103 Å². The van der Waals surface area contributed by atoms with E-state index >= 15 is 0 Å². The van der Waals surface area contributed by atoms with Gasteiger partial charge in [0.15, 0.2) is 0 Å². The molecule has 1 fully saturated rings. The summed E-state index contributed by atoms with van der Waals surface area (Å²) in [7, 11) is 0. The van der Waals surface area contributed by atoms with Crippen LogP contribution < -0.4 is 5.73 Å². The minimum Gasteiger partial charge on any atom is -0.381 e. The second-order valence-corrected chi connectivity index (χ2v) is 5.01. The fraction of sp³-hybridized carbons (Fsp3) is 0.769. The number of nitrogens with zero attached hydrogens (tertiary/aromatic N) is 2. The van der Waals surface area contributed by atoms with E-state index in [4.69, 9.17) is 10.5 Å². The highest BCUT2D eigenvalue weighted by molar-refractivity contribution is 5.27. The molecule has 1 aromatic rings. The van der Waals surface area contributed by atoms with E-state index in [-0.39, 0.29) is 6.04 Å². The monoisotopic (exact) mass is 237 g/mol. The van der Waals surface area contributed by atoms with Gasteiger partial charge < -0.3 is 10.5 Å². The van der Waals surface area contributed by atoms with Gasteiger partial charge in [0.2, 0.25) is 0 Å². The zero-order valence-corrected chi connectivity index (χ0v) is 11.1. The Morgan fingerprint density at radius 2 is 2.29 bits per heavy atom. The Kier molecular flexibility index (Phi) is 3.84. The predicted molar refractivity (Wildman–Crippen MR) is 67.8 cm³/mol. The number of hydrogen-bond acceptors (Lipinski definition) is 3. The van der Waals surface area contributed by atoms with Crippen molar-refractivity contribution in [1.82, 2.24) is 9.78 Å².